The minimum Gasteiger partial charge on any atom is -0.484 e. The monoisotopic (exact) mass is 631 g/mol. The van der Waals surface area contributed by atoms with E-state index in [1.807, 2.05) is 6.07 Å². The van der Waals surface area contributed by atoms with Gasteiger partial charge in [-0.05, 0) is 62.9 Å². The second-order valence-electron chi connectivity index (χ2n) is 10.7. The van der Waals surface area contributed by atoms with Gasteiger partial charge in [-0.2, -0.15) is 18.4 Å². The number of alkyl halides is 3. The maximum absolute atomic E-state index is 13.9. The van der Waals surface area contributed by atoms with E-state index in [1.165, 1.54) is 4.90 Å². The number of hydrogen-bond donors (Lipinski definition) is 1. The summed E-state index contributed by atoms with van der Waals surface area (Å²) in [7, 11) is -4.28. The van der Waals surface area contributed by atoms with Crippen LogP contribution in [-0.4, -0.2) is 61.3 Å². The highest BCUT2D eigenvalue weighted by atomic mass is 35.5. The van der Waals surface area contributed by atoms with Crippen molar-refractivity contribution < 1.29 is 35.9 Å². The minimum atomic E-state index is -4.60. The number of benzene rings is 2. The molecule has 2 aromatic carbocycles. The molecule has 2 amide bonds. The molecule has 1 aliphatic heterocycles. The lowest BCUT2D eigenvalue weighted by Gasteiger charge is -2.33. The molecule has 0 spiro atoms. The van der Waals surface area contributed by atoms with Crippen LogP contribution in [0.4, 0.5) is 13.2 Å². The summed E-state index contributed by atoms with van der Waals surface area (Å²) in [5.41, 5.74) is -1.64. The number of carbonyl (C=O) groups excluding carboxylic acids is 2. The van der Waals surface area contributed by atoms with Gasteiger partial charge in [0.15, 0.2) is 16.4 Å². The molecule has 1 N–H and O–H groups in total. The number of sulfone groups is 1. The van der Waals surface area contributed by atoms with Gasteiger partial charge in [0.1, 0.15) is 17.3 Å². The fourth-order valence-corrected chi connectivity index (χ4v) is 7.06. The van der Waals surface area contributed by atoms with Crippen molar-refractivity contribution in [2.24, 2.45) is 0 Å². The Bertz CT molecular complexity index is 1500. The molecule has 4 rings (SSSR count). The van der Waals surface area contributed by atoms with Crippen LogP contribution in [0.15, 0.2) is 47.4 Å². The molecule has 1 saturated heterocycles. The van der Waals surface area contributed by atoms with Gasteiger partial charge in [0, 0.05) is 17.6 Å². The molecular weight excluding hydrogens is 606 g/mol. The number of nitriles is 1. The maximum Gasteiger partial charge on any atom is 0.422 e. The third-order valence-corrected chi connectivity index (χ3v) is 10.2. The van der Waals surface area contributed by atoms with Crippen molar-refractivity contribution >= 4 is 44.9 Å². The van der Waals surface area contributed by atoms with Gasteiger partial charge in [-0.1, -0.05) is 35.3 Å². The minimum absolute atomic E-state index is 0.275. The van der Waals surface area contributed by atoms with Gasteiger partial charge in [0.2, 0.25) is 11.8 Å². The van der Waals surface area contributed by atoms with Crippen LogP contribution in [0.2, 0.25) is 10.0 Å². The second-order valence-corrected chi connectivity index (χ2v) is 13.7. The zero-order valence-corrected chi connectivity index (χ0v) is 24.3. The fraction of sp³-hybridized carbons (Fsp3) is 0.444. The van der Waals surface area contributed by atoms with Crippen molar-refractivity contribution in [3.8, 4) is 11.8 Å². The summed E-state index contributed by atoms with van der Waals surface area (Å²) in [5, 5.41) is 10.9. The Hall–Kier alpha value is -3.01. The third-order valence-electron chi connectivity index (χ3n) is 7.30. The Morgan fingerprint density at radius 3 is 2.32 bits per heavy atom. The number of hydrogen-bond acceptors (Lipinski definition) is 6. The molecule has 2 aromatic rings. The van der Waals surface area contributed by atoms with Gasteiger partial charge in [-0.3, -0.25) is 9.59 Å². The number of halogens is 5. The first kappa shape index (κ1) is 30.9. The number of rotatable bonds is 8. The number of ether oxygens (including phenoxy) is 1. The van der Waals surface area contributed by atoms with Crippen molar-refractivity contribution in [2.75, 3.05) is 13.2 Å². The Morgan fingerprint density at radius 2 is 1.78 bits per heavy atom. The van der Waals surface area contributed by atoms with Crippen LogP contribution in [0.3, 0.4) is 0 Å². The quantitative estimate of drug-likeness (QED) is 0.446. The summed E-state index contributed by atoms with van der Waals surface area (Å²) in [5.74, 6) is -1.44. The molecule has 41 heavy (non-hydrogen) atoms. The molecule has 0 radical (unpaired) electrons. The third kappa shape index (κ3) is 6.58. The van der Waals surface area contributed by atoms with Gasteiger partial charge >= 0.3 is 6.18 Å². The average molecular weight is 632 g/mol. The van der Waals surface area contributed by atoms with Crippen molar-refractivity contribution in [3.63, 3.8) is 0 Å². The SMILES string of the molecule is CC(C)(C(=O)N1CC(S(=O)(=O)c2ccc(OCC(F)(F)F)cc2Cl)CC1C(=O)NC1(C#N)CC1)c1ccc(Cl)cc1. The predicted molar refractivity (Wildman–Crippen MR) is 144 cm³/mol. The first-order chi connectivity index (χ1) is 19.0. The number of likely N-dealkylation sites (tertiary alicyclic amines) is 1. The van der Waals surface area contributed by atoms with Crippen molar-refractivity contribution in [1.82, 2.24) is 10.2 Å². The van der Waals surface area contributed by atoms with Crippen LogP contribution in [0.5, 0.6) is 5.75 Å². The molecule has 2 atom stereocenters. The largest absolute Gasteiger partial charge is 0.484 e. The molecule has 1 heterocycles. The summed E-state index contributed by atoms with van der Waals surface area (Å²) in [6.07, 6.45) is -4.00. The molecule has 1 aliphatic carbocycles. The summed E-state index contributed by atoms with van der Waals surface area (Å²) in [6.45, 7) is 1.35. The van der Waals surface area contributed by atoms with Crippen LogP contribution in [0, 0.1) is 11.3 Å². The maximum atomic E-state index is 13.9. The lowest BCUT2D eigenvalue weighted by molar-refractivity contribution is -0.153. The van der Waals surface area contributed by atoms with E-state index in [0.717, 1.165) is 18.2 Å². The number of amides is 2. The number of nitrogens with one attached hydrogen (secondary N) is 1. The van der Waals surface area contributed by atoms with Crippen molar-refractivity contribution in [1.29, 1.82) is 5.26 Å². The molecule has 8 nitrogen and oxygen atoms in total. The highest BCUT2D eigenvalue weighted by Crippen LogP contribution is 2.39. The summed E-state index contributed by atoms with van der Waals surface area (Å²) in [4.78, 5) is 28.1. The molecule has 14 heteroatoms. The standard InChI is InChI=1S/C27H26Cl2F3N3O5S/c1-25(2,16-3-5-17(28)6-4-16)24(37)35-13-19(12-21(35)23(36)34-26(14-33)9-10-26)41(38,39)22-8-7-18(11-20(22)29)40-15-27(30,31)32/h3-8,11,19,21H,9-10,12-13,15H2,1-2H3,(H,34,36). The van der Waals surface area contributed by atoms with E-state index in [9.17, 15) is 36.4 Å². The van der Waals surface area contributed by atoms with Gasteiger partial charge in [0.25, 0.3) is 0 Å². The lowest BCUT2D eigenvalue weighted by atomic mass is 9.83. The predicted octanol–water partition coefficient (Wildman–Crippen LogP) is 4.83. The van der Waals surface area contributed by atoms with E-state index >= 15 is 0 Å². The van der Waals surface area contributed by atoms with Gasteiger partial charge in [-0.15, -0.1) is 0 Å². The zero-order valence-electron chi connectivity index (χ0n) is 22.0. The smallest absolute Gasteiger partial charge is 0.422 e. The highest BCUT2D eigenvalue weighted by molar-refractivity contribution is 7.92. The van der Waals surface area contributed by atoms with E-state index in [2.05, 4.69) is 10.1 Å². The van der Waals surface area contributed by atoms with Gasteiger partial charge in [0.05, 0.1) is 26.7 Å². The second kappa shape index (κ2) is 11.0. The Kier molecular flexibility index (Phi) is 8.30. The summed E-state index contributed by atoms with van der Waals surface area (Å²) in [6, 6.07) is 10.5. The number of nitrogens with zero attached hydrogens (tertiary/aromatic N) is 2. The number of carbonyl (C=O) groups is 2. The highest BCUT2D eigenvalue weighted by Gasteiger charge is 2.52. The van der Waals surface area contributed by atoms with Crippen LogP contribution in [0.1, 0.15) is 38.7 Å². The topological polar surface area (TPSA) is 117 Å². The van der Waals surface area contributed by atoms with E-state index < -0.39 is 56.7 Å². The molecule has 1 saturated carbocycles. The Balaban J connectivity index is 1.64. The zero-order chi connectivity index (χ0) is 30.4. The first-order valence-electron chi connectivity index (χ1n) is 12.5. The van der Waals surface area contributed by atoms with Crippen molar-refractivity contribution in [3.05, 3.63) is 58.1 Å². The van der Waals surface area contributed by atoms with E-state index in [4.69, 9.17) is 23.2 Å². The van der Waals surface area contributed by atoms with Crippen LogP contribution >= 0.6 is 23.2 Å². The fourth-order valence-electron chi connectivity index (χ4n) is 4.70. The molecule has 2 unspecified atom stereocenters. The summed E-state index contributed by atoms with van der Waals surface area (Å²) >= 11 is 12.2. The molecule has 0 bridgehead atoms. The van der Waals surface area contributed by atoms with E-state index in [-0.39, 0.29) is 28.6 Å². The lowest BCUT2D eigenvalue weighted by Crippen LogP contribution is -2.53. The Morgan fingerprint density at radius 1 is 1.15 bits per heavy atom. The van der Waals surface area contributed by atoms with Crippen LogP contribution in [-0.2, 0) is 24.8 Å². The van der Waals surface area contributed by atoms with E-state index in [0.29, 0.717) is 23.4 Å². The molecule has 2 aliphatic rings. The Labute approximate surface area is 245 Å². The van der Waals surface area contributed by atoms with Gasteiger partial charge in [-0.25, -0.2) is 8.42 Å². The summed E-state index contributed by atoms with van der Waals surface area (Å²) < 4.78 is 69.6. The van der Waals surface area contributed by atoms with Crippen LogP contribution < -0.4 is 10.1 Å². The average Bonchev–Trinajstić information content (AvgIpc) is 3.51. The first-order valence-corrected chi connectivity index (χ1v) is 14.8. The van der Waals surface area contributed by atoms with Gasteiger partial charge < -0.3 is 15.0 Å². The van der Waals surface area contributed by atoms with Crippen molar-refractivity contribution in [2.45, 2.75) is 66.4 Å². The molecule has 0 aromatic heterocycles. The molecule has 2 fully saturated rings. The van der Waals surface area contributed by atoms with E-state index in [1.54, 1.807) is 38.1 Å². The molecule has 220 valence electrons. The van der Waals surface area contributed by atoms with Crippen LogP contribution in [0.25, 0.3) is 0 Å². The normalized spacial score (nSPS) is 20.3. The molecular formula is C27H26Cl2F3N3O5S.